The smallest absolute Gasteiger partial charge is 0.376 e. The van der Waals surface area contributed by atoms with Crippen molar-refractivity contribution in [3.05, 3.63) is 23.8 Å². The molecule has 19 heavy (non-hydrogen) atoms. The first kappa shape index (κ1) is 15.3. The summed E-state index contributed by atoms with van der Waals surface area (Å²) in [4.78, 5) is 21.5. The fourth-order valence-electron chi connectivity index (χ4n) is 1.27. The van der Waals surface area contributed by atoms with Gasteiger partial charge in [0.1, 0.15) is 17.1 Å². The van der Waals surface area contributed by atoms with Gasteiger partial charge in [0.25, 0.3) is 0 Å². The lowest BCUT2D eigenvalue weighted by molar-refractivity contribution is -0.255. The minimum atomic E-state index is -0.594. The molecule has 1 aromatic carbocycles. The summed E-state index contributed by atoms with van der Waals surface area (Å²) in [6.45, 7) is 6.26. The number of carbonyl (C=O) groups excluding carboxylic acids is 1. The van der Waals surface area contributed by atoms with Crippen molar-refractivity contribution in [2.24, 2.45) is 5.41 Å². The highest BCUT2D eigenvalue weighted by Crippen LogP contribution is 2.25. The van der Waals surface area contributed by atoms with Gasteiger partial charge in [-0.2, -0.15) is 4.89 Å². The van der Waals surface area contributed by atoms with E-state index < -0.39 is 5.97 Å². The summed E-state index contributed by atoms with van der Waals surface area (Å²) in [6, 6.07) is 4.84. The van der Waals surface area contributed by atoms with E-state index in [1.54, 1.807) is 25.3 Å². The molecule has 0 N–H and O–H groups in total. The van der Waals surface area contributed by atoms with E-state index in [2.05, 4.69) is 0 Å². The van der Waals surface area contributed by atoms with Crippen molar-refractivity contribution < 1.29 is 24.0 Å². The van der Waals surface area contributed by atoms with E-state index in [1.807, 2.05) is 20.8 Å². The van der Waals surface area contributed by atoms with Crippen molar-refractivity contribution in [1.29, 1.82) is 0 Å². The molecule has 0 bridgehead atoms. The Bertz CT molecular complexity index is 434. The SMILES string of the molecule is COc1ccc(C(=O)OOCC(C)(C)C)c(OC)c1. The molecule has 0 unspecified atom stereocenters. The first-order chi connectivity index (χ1) is 8.87. The molecule has 0 aliphatic heterocycles. The Balaban J connectivity index is 2.71. The molecule has 0 saturated carbocycles. The van der Waals surface area contributed by atoms with Crippen molar-refractivity contribution in [2.75, 3.05) is 20.8 Å². The van der Waals surface area contributed by atoms with Gasteiger partial charge in [-0.05, 0) is 17.5 Å². The van der Waals surface area contributed by atoms with Crippen molar-refractivity contribution in [3.8, 4) is 11.5 Å². The molecule has 1 aromatic rings. The van der Waals surface area contributed by atoms with Crippen molar-refractivity contribution >= 4 is 5.97 Å². The summed E-state index contributed by atoms with van der Waals surface area (Å²) in [5, 5.41) is 0. The standard InChI is InChI=1S/C14H20O5/c1-14(2,3)9-18-19-13(15)11-7-6-10(16-4)8-12(11)17-5/h6-8H,9H2,1-5H3. The van der Waals surface area contributed by atoms with Gasteiger partial charge in [-0.1, -0.05) is 20.8 Å². The number of methoxy groups -OCH3 is 2. The Morgan fingerprint density at radius 3 is 2.37 bits per heavy atom. The van der Waals surface area contributed by atoms with Crippen LogP contribution in [0.1, 0.15) is 31.1 Å². The fourth-order valence-corrected chi connectivity index (χ4v) is 1.27. The molecule has 0 fully saturated rings. The quantitative estimate of drug-likeness (QED) is 0.607. The summed E-state index contributed by atoms with van der Waals surface area (Å²) in [6.07, 6.45) is 0. The number of rotatable bonds is 5. The van der Waals surface area contributed by atoms with Crippen LogP contribution in [-0.4, -0.2) is 26.8 Å². The van der Waals surface area contributed by atoms with E-state index in [-0.39, 0.29) is 11.0 Å². The lowest BCUT2D eigenvalue weighted by Gasteiger charge is -2.16. The molecule has 0 heterocycles. The van der Waals surface area contributed by atoms with Crippen LogP contribution in [0, 0.1) is 5.41 Å². The predicted octanol–water partition coefficient (Wildman–Crippen LogP) is 2.84. The lowest BCUT2D eigenvalue weighted by Crippen LogP contribution is -2.17. The number of benzene rings is 1. The van der Waals surface area contributed by atoms with Crippen LogP contribution in [-0.2, 0) is 9.78 Å². The summed E-state index contributed by atoms with van der Waals surface area (Å²) in [5.74, 6) is 0.386. The first-order valence-electron chi connectivity index (χ1n) is 5.93. The molecule has 0 spiro atoms. The molecule has 5 nitrogen and oxygen atoms in total. The van der Waals surface area contributed by atoms with Gasteiger partial charge in [0.15, 0.2) is 0 Å². The molecule has 0 aromatic heterocycles. The Morgan fingerprint density at radius 2 is 1.84 bits per heavy atom. The molecule has 1 rings (SSSR count). The van der Waals surface area contributed by atoms with E-state index in [0.29, 0.717) is 18.1 Å². The van der Waals surface area contributed by atoms with Crippen LogP contribution in [0.5, 0.6) is 11.5 Å². The topological polar surface area (TPSA) is 54.0 Å². The van der Waals surface area contributed by atoms with E-state index in [9.17, 15) is 4.79 Å². The maximum absolute atomic E-state index is 11.8. The van der Waals surface area contributed by atoms with Crippen LogP contribution in [0.25, 0.3) is 0 Å². The lowest BCUT2D eigenvalue weighted by atomic mass is 9.99. The number of hydrogen-bond donors (Lipinski definition) is 0. The molecule has 0 aliphatic carbocycles. The average molecular weight is 268 g/mol. The van der Waals surface area contributed by atoms with Gasteiger partial charge in [0.05, 0.1) is 20.8 Å². The maximum Gasteiger partial charge on any atom is 0.376 e. The largest absolute Gasteiger partial charge is 0.497 e. The molecular weight excluding hydrogens is 248 g/mol. The molecule has 0 atom stereocenters. The van der Waals surface area contributed by atoms with Gasteiger partial charge >= 0.3 is 5.97 Å². The van der Waals surface area contributed by atoms with E-state index >= 15 is 0 Å². The number of hydrogen-bond acceptors (Lipinski definition) is 5. The number of carbonyl (C=O) groups is 1. The van der Waals surface area contributed by atoms with Gasteiger partial charge < -0.3 is 9.47 Å². The highest BCUT2D eigenvalue weighted by atomic mass is 17.2. The van der Waals surface area contributed by atoms with Gasteiger partial charge in [0, 0.05) is 6.07 Å². The molecule has 0 saturated heterocycles. The molecular formula is C14H20O5. The highest BCUT2D eigenvalue weighted by molar-refractivity contribution is 5.92. The molecule has 5 heteroatoms. The minimum Gasteiger partial charge on any atom is -0.497 e. The van der Waals surface area contributed by atoms with Crippen LogP contribution >= 0.6 is 0 Å². The molecule has 0 aliphatic rings. The zero-order chi connectivity index (χ0) is 14.5. The second-order valence-electron chi connectivity index (χ2n) is 5.26. The third-order valence-electron chi connectivity index (χ3n) is 2.26. The van der Waals surface area contributed by atoms with E-state index in [4.69, 9.17) is 19.2 Å². The first-order valence-corrected chi connectivity index (χ1v) is 5.93. The zero-order valence-electron chi connectivity index (χ0n) is 12.0. The Kier molecular flexibility index (Phi) is 5.18. The number of ether oxygens (including phenoxy) is 2. The maximum atomic E-state index is 11.8. The predicted molar refractivity (Wildman–Crippen MR) is 70.4 cm³/mol. The second-order valence-corrected chi connectivity index (χ2v) is 5.26. The molecule has 0 radical (unpaired) electrons. The van der Waals surface area contributed by atoms with Gasteiger partial charge in [0.2, 0.25) is 0 Å². The van der Waals surface area contributed by atoms with Crippen LogP contribution in [0.2, 0.25) is 0 Å². The van der Waals surface area contributed by atoms with Crippen molar-refractivity contribution in [3.63, 3.8) is 0 Å². The van der Waals surface area contributed by atoms with Gasteiger partial charge in [-0.3, -0.25) is 4.89 Å². The summed E-state index contributed by atoms with van der Waals surface area (Å²) < 4.78 is 10.2. The molecule has 106 valence electrons. The minimum absolute atomic E-state index is 0.0791. The third-order valence-corrected chi connectivity index (χ3v) is 2.26. The summed E-state index contributed by atoms with van der Waals surface area (Å²) in [7, 11) is 3.01. The summed E-state index contributed by atoms with van der Waals surface area (Å²) >= 11 is 0. The van der Waals surface area contributed by atoms with Crippen molar-refractivity contribution in [1.82, 2.24) is 0 Å². The van der Waals surface area contributed by atoms with Gasteiger partial charge in [-0.25, -0.2) is 4.79 Å². The van der Waals surface area contributed by atoms with E-state index in [1.165, 1.54) is 7.11 Å². The fraction of sp³-hybridized carbons (Fsp3) is 0.500. The Morgan fingerprint density at radius 1 is 1.16 bits per heavy atom. The molecule has 0 amide bonds. The van der Waals surface area contributed by atoms with Gasteiger partial charge in [-0.15, -0.1) is 0 Å². The summed E-state index contributed by atoms with van der Waals surface area (Å²) in [5.41, 5.74) is 0.210. The zero-order valence-corrected chi connectivity index (χ0v) is 12.0. The monoisotopic (exact) mass is 268 g/mol. The van der Waals surface area contributed by atoms with E-state index in [0.717, 1.165) is 0 Å². The Hall–Kier alpha value is -1.75. The Labute approximate surface area is 113 Å². The second kappa shape index (κ2) is 6.43. The highest BCUT2D eigenvalue weighted by Gasteiger charge is 2.18. The average Bonchev–Trinajstić information content (AvgIpc) is 2.36. The van der Waals surface area contributed by atoms with Crippen LogP contribution in [0.4, 0.5) is 0 Å². The van der Waals surface area contributed by atoms with Crippen LogP contribution < -0.4 is 9.47 Å². The van der Waals surface area contributed by atoms with Crippen LogP contribution in [0.15, 0.2) is 18.2 Å². The van der Waals surface area contributed by atoms with Crippen LogP contribution in [0.3, 0.4) is 0 Å². The van der Waals surface area contributed by atoms with Crippen molar-refractivity contribution in [2.45, 2.75) is 20.8 Å². The normalized spacial score (nSPS) is 11.0. The third kappa shape index (κ3) is 4.79.